The summed E-state index contributed by atoms with van der Waals surface area (Å²) in [7, 11) is 0. The van der Waals surface area contributed by atoms with E-state index in [0.29, 0.717) is 32.5 Å². The van der Waals surface area contributed by atoms with Crippen LogP contribution in [0.15, 0.2) is 54.6 Å². The van der Waals surface area contributed by atoms with Crippen molar-refractivity contribution in [1.29, 1.82) is 0 Å². The predicted molar refractivity (Wildman–Crippen MR) is 143 cm³/mol. The van der Waals surface area contributed by atoms with Crippen LogP contribution in [0.4, 0.5) is 17.1 Å². The Labute approximate surface area is 230 Å². The quantitative estimate of drug-likeness (QED) is 0.176. The summed E-state index contributed by atoms with van der Waals surface area (Å²) in [6.07, 6.45) is 0. The van der Waals surface area contributed by atoms with E-state index in [0.717, 1.165) is 0 Å². The van der Waals surface area contributed by atoms with E-state index < -0.39 is 32.9 Å². The van der Waals surface area contributed by atoms with E-state index in [-0.39, 0.29) is 16.3 Å². The van der Waals surface area contributed by atoms with Crippen molar-refractivity contribution in [3.8, 4) is 0 Å². The zero-order valence-corrected chi connectivity index (χ0v) is 22.1. The van der Waals surface area contributed by atoms with Crippen molar-refractivity contribution in [2.75, 3.05) is 10.6 Å². The van der Waals surface area contributed by atoms with E-state index in [9.17, 15) is 19.7 Å². The van der Waals surface area contributed by atoms with Crippen molar-refractivity contribution >= 4 is 86.9 Å². The third-order valence-electron chi connectivity index (χ3n) is 5.73. The fourth-order valence-corrected chi connectivity index (χ4v) is 5.49. The maximum Gasteiger partial charge on any atom is 0.269 e. The molecule has 1 saturated carbocycles. The van der Waals surface area contributed by atoms with Crippen LogP contribution in [0.5, 0.6) is 0 Å². The molecule has 186 valence electrons. The average molecular weight is 588 g/mol. The highest BCUT2D eigenvalue weighted by atomic mass is 35.5. The molecule has 1 aliphatic carbocycles. The van der Waals surface area contributed by atoms with Gasteiger partial charge < -0.3 is 10.6 Å². The predicted octanol–water partition coefficient (Wildman–Crippen LogP) is 7.64. The van der Waals surface area contributed by atoms with E-state index in [1.54, 1.807) is 25.1 Å². The number of nitrogens with one attached hydrogen (secondary N) is 2. The third kappa shape index (κ3) is 5.41. The first-order chi connectivity index (χ1) is 16.9. The summed E-state index contributed by atoms with van der Waals surface area (Å²) < 4.78 is -1.36. The minimum absolute atomic E-state index is 0.0872. The van der Waals surface area contributed by atoms with Gasteiger partial charge in [0, 0.05) is 39.5 Å². The molecule has 0 saturated heterocycles. The van der Waals surface area contributed by atoms with E-state index in [2.05, 4.69) is 10.6 Å². The summed E-state index contributed by atoms with van der Waals surface area (Å²) in [6.45, 7) is 1.63. The number of aryl methyl sites for hydroxylation is 1. The van der Waals surface area contributed by atoms with Crippen LogP contribution in [-0.4, -0.2) is 21.1 Å². The van der Waals surface area contributed by atoms with Gasteiger partial charge >= 0.3 is 0 Å². The first-order valence-electron chi connectivity index (χ1n) is 10.4. The van der Waals surface area contributed by atoms with Crippen LogP contribution in [0.3, 0.4) is 0 Å². The molecule has 0 unspecified atom stereocenters. The lowest BCUT2D eigenvalue weighted by atomic mass is 10.1. The van der Waals surface area contributed by atoms with Gasteiger partial charge in [-0.1, -0.05) is 34.8 Å². The van der Waals surface area contributed by atoms with E-state index >= 15 is 0 Å². The Morgan fingerprint density at radius 2 is 1.61 bits per heavy atom. The molecule has 2 atom stereocenters. The van der Waals surface area contributed by atoms with Crippen molar-refractivity contribution in [1.82, 2.24) is 0 Å². The smallest absolute Gasteiger partial charge is 0.269 e. The van der Waals surface area contributed by atoms with Crippen LogP contribution in [0.1, 0.15) is 27.4 Å². The molecular weight excluding hydrogens is 572 g/mol. The number of rotatable bonds is 6. The number of nitro groups is 1. The van der Waals surface area contributed by atoms with Crippen molar-refractivity contribution in [2.45, 2.75) is 17.2 Å². The monoisotopic (exact) mass is 585 g/mol. The van der Waals surface area contributed by atoms with Gasteiger partial charge in [0.1, 0.15) is 4.33 Å². The van der Waals surface area contributed by atoms with Crippen LogP contribution in [0, 0.1) is 23.0 Å². The van der Waals surface area contributed by atoms with Crippen LogP contribution in [0.25, 0.3) is 0 Å². The van der Waals surface area contributed by atoms with Gasteiger partial charge in [-0.05, 0) is 60.5 Å². The molecule has 1 aliphatic rings. The molecule has 2 N–H and O–H groups in total. The molecule has 12 heteroatoms. The van der Waals surface area contributed by atoms with Crippen molar-refractivity contribution in [3.05, 3.63) is 96.5 Å². The Bertz CT molecular complexity index is 1390. The Balaban J connectivity index is 1.51. The number of amides is 2. The Morgan fingerprint density at radius 3 is 2.22 bits per heavy atom. The lowest BCUT2D eigenvalue weighted by Crippen LogP contribution is -2.18. The minimum Gasteiger partial charge on any atom is -0.326 e. The summed E-state index contributed by atoms with van der Waals surface area (Å²) in [4.78, 5) is 36.3. The van der Waals surface area contributed by atoms with Gasteiger partial charge in [0.2, 0.25) is 5.91 Å². The molecule has 3 aromatic carbocycles. The number of hydrogen-bond acceptors (Lipinski definition) is 4. The van der Waals surface area contributed by atoms with E-state index in [4.69, 9.17) is 58.0 Å². The van der Waals surface area contributed by atoms with Gasteiger partial charge in [0.25, 0.3) is 11.6 Å². The summed E-state index contributed by atoms with van der Waals surface area (Å²) in [5.74, 6) is -2.33. The zero-order chi connectivity index (χ0) is 26.4. The van der Waals surface area contributed by atoms with Crippen LogP contribution in [-0.2, 0) is 4.79 Å². The van der Waals surface area contributed by atoms with Crippen LogP contribution >= 0.6 is 58.0 Å². The van der Waals surface area contributed by atoms with Crippen molar-refractivity contribution < 1.29 is 14.5 Å². The second-order valence-electron chi connectivity index (χ2n) is 8.23. The maximum atomic E-state index is 13.0. The van der Waals surface area contributed by atoms with Crippen LogP contribution < -0.4 is 10.6 Å². The fraction of sp³-hybridized carbons (Fsp3) is 0.167. The molecule has 0 radical (unpaired) electrons. The van der Waals surface area contributed by atoms with Gasteiger partial charge in [-0.2, -0.15) is 0 Å². The Hall–Kier alpha value is -2.55. The second-order valence-corrected chi connectivity index (χ2v) is 11.0. The SMILES string of the molecule is Cc1cc([N+](=O)[O-])ccc1NC(=O)c1cc(NC(=O)[C@H]2[C@H](c3cc(Cl)cc(Cl)c3)C2(Cl)Cl)ccc1Cl. The minimum atomic E-state index is -1.36. The number of non-ortho nitro benzene ring substituents is 1. The van der Waals surface area contributed by atoms with Gasteiger partial charge in [-0.3, -0.25) is 19.7 Å². The number of nitrogens with zero attached hydrogens (tertiary/aromatic N) is 1. The van der Waals surface area contributed by atoms with Crippen molar-refractivity contribution in [3.63, 3.8) is 0 Å². The topological polar surface area (TPSA) is 101 Å². The normalized spacial score (nSPS) is 17.8. The standard InChI is InChI=1S/C24H16Cl5N3O4/c1-11-6-16(32(35)36)3-5-19(11)31-22(33)17-10-15(2-4-18(17)27)30-23(34)21-20(24(21,28)29)12-7-13(25)9-14(26)8-12/h2-10,20-21H,1H3,(H,30,34)(H,31,33)/t20-,21+/m0/s1. The van der Waals surface area contributed by atoms with Crippen LogP contribution in [0.2, 0.25) is 15.1 Å². The summed E-state index contributed by atoms with van der Waals surface area (Å²) in [6, 6.07) is 13.3. The molecule has 4 rings (SSSR count). The van der Waals surface area contributed by atoms with E-state index in [1.807, 2.05) is 0 Å². The second kappa shape index (κ2) is 10.1. The summed E-state index contributed by atoms with van der Waals surface area (Å²) in [5.41, 5.74) is 1.80. The maximum absolute atomic E-state index is 13.0. The molecule has 0 spiro atoms. The molecule has 7 nitrogen and oxygen atoms in total. The number of carbonyl (C=O) groups is 2. The van der Waals surface area contributed by atoms with Gasteiger partial charge in [0.15, 0.2) is 0 Å². The number of halogens is 5. The number of benzene rings is 3. The molecule has 0 aliphatic heterocycles. The largest absolute Gasteiger partial charge is 0.326 e. The van der Waals surface area contributed by atoms with E-state index in [1.165, 1.54) is 36.4 Å². The summed E-state index contributed by atoms with van der Waals surface area (Å²) in [5, 5.41) is 17.3. The number of anilines is 2. The highest BCUT2D eigenvalue weighted by Gasteiger charge is 2.67. The van der Waals surface area contributed by atoms with Gasteiger partial charge in [0.05, 0.1) is 21.4 Å². The Morgan fingerprint density at radius 1 is 0.944 bits per heavy atom. The highest BCUT2D eigenvalue weighted by Crippen LogP contribution is 2.65. The molecule has 0 bridgehead atoms. The molecule has 3 aromatic rings. The van der Waals surface area contributed by atoms with Gasteiger partial charge in [-0.15, -0.1) is 23.2 Å². The number of carbonyl (C=O) groups excluding carboxylic acids is 2. The lowest BCUT2D eigenvalue weighted by molar-refractivity contribution is -0.384. The molecule has 2 amide bonds. The zero-order valence-electron chi connectivity index (χ0n) is 18.3. The lowest BCUT2D eigenvalue weighted by Gasteiger charge is -2.11. The van der Waals surface area contributed by atoms with Crippen molar-refractivity contribution in [2.24, 2.45) is 5.92 Å². The number of nitro benzene ring substituents is 1. The van der Waals surface area contributed by atoms with Gasteiger partial charge in [-0.25, -0.2) is 0 Å². The molecule has 1 fully saturated rings. The highest BCUT2D eigenvalue weighted by molar-refractivity contribution is 6.53. The molecular formula is C24H16Cl5N3O4. The number of alkyl halides is 2. The molecule has 36 heavy (non-hydrogen) atoms. The fourth-order valence-electron chi connectivity index (χ4n) is 3.91. The Kier molecular flexibility index (Phi) is 7.42. The third-order valence-corrected chi connectivity index (χ3v) is 7.43. The summed E-state index contributed by atoms with van der Waals surface area (Å²) >= 11 is 31.2. The average Bonchev–Trinajstić information content (AvgIpc) is 3.37. The first kappa shape index (κ1) is 26.5. The first-order valence-corrected chi connectivity index (χ1v) is 12.3. The number of hydrogen-bond donors (Lipinski definition) is 2. The molecule has 0 heterocycles. The molecule has 0 aromatic heterocycles.